The average Bonchev–Trinajstić information content (AvgIpc) is 2.06. The summed E-state index contributed by atoms with van der Waals surface area (Å²) in [5.74, 6) is 0.477. The lowest BCUT2D eigenvalue weighted by Crippen LogP contribution is -2.30. The molecule has 0 aromatic carbocycles. The molecule has 0 amide bonds. The van der Waals surface area contributed by atoms with Crippen LogP contribution in [0.4, 0.5) is 0 Å². The Hall–Kier alpha value is -0.470. The monoisotopic (exact) mass is 205 g/mol. The number of alkyl halides is 1. The molecule has 1 rings (SSSR count). The molecule has 0 spiro atoms. The summed E-state index contributed by atoms with van der Waals surface area (Å²) in [4.78, 5) is 0. The number of pyridine rings is 1. The average molecular weight is 206 g/mol. The largest absolute Gasteiger partial charge is 0.619 e. The van der Waals surface area contributed by atoms with E-state index in [-0.39, 0.29) is 0 Å². The Morgan fingerprint density at radius 1 is 1.58 bits per heavy atom. The summed E-state index contributed by atoms with van der Waals surface area (Å²) in [5.41, 5.74) is 1.47. The molecule has 0 unspecified atom stereocenters. The van der Waals surface area contributed by atoms with E-state index in [1.54, 1.807) is 13.0 Å². The molecule has 0 aliphatic heterocycles. The quantitative estimate of drug-likeness (QED) is 0.413. The standard InChI is InChI=1S/C8H9Cl2NO/c1-6-7(2-4-9)8(10)3-5-11(6)12/h3,5H,2,4H2,1H3. The van der Waals surface area contributed by atoms with Crippen molar-refractivity contribution in [1.29, 1.82) is 0 Å². The Labute approximate surface area is 81.3 Å². The third-order valence-corrected chi connectivity index (χ3v) is 2.30. The molecule has 1 aromatic heterocycles. The first-order valence-corrected chi connectivity index (χ1v) is 4.51. The van der Waals surface area contributed by atoms with Crippen molar-refractivity contribution >= 4 is 23.2 Å². The minimum Gasteiger partial charge on any atom is -0.619 e. The Morgan fingerprint density at radius 3 is 2.83 bits per heavy atom. The third kappa shape index (κ3) is 1.82. The second-order valence-corrected chi connectivity index (χ2v) is 3.28. The lowest BCUT2D eigenvalue weighted by Gasteiger charge is -2.06. The molecule has 1 aromatic rings. The summed E-state index contributed by atoms with van der Waals surface area (Å²) in [5, 5.41) is 11.7. The van der Waals surface area contributed by atoms with Crippen LogP contribution in [0.5, 0.6) is 0 Å². The first-order chi connectivity index (χ1) is 5.66. The van der Waals surface area contributed by atoms with Crippen LogP contribution in [0.15, 0.2) is 12.3 Å². The van der Waals surface area contributed by atoms with E-state index in [4.69, 9.17) is 23.2 Å². The molecule has 0 radical (unpaired) electrons. The van der Waals surface area contributed by atoms with Crippen LogP contribution in [0.1, 0.15) is 11.3 Å². The van der Waals surface area contributed by atoms with Crippen LogP contribution >= 0.6 is 23.2 Å². The third-order valence-electron chi connectivity index (χ3n) is 1.76. The Morgan fingerprint density at radius 2 is 2.25 bits per heavy atom. The Bertz CT molecular complexity index is 289. The summed E-state index contributed by atoms with van der Waals surface area (Å²) in [7, 11) is 0. The van der Waals surface area contributed by atoms with E-state index in [1.807, 2.05) is 0 Å². The van der Waals surface area contributed by atoms with Crippen LogP contribution in [0.3, 0.4) is 0 Å². The molecule has 0 N–H and O–H groups in total. The molecular formula is C8H9Cl2NO. The molecule has 4 heteroatoms. The van der Waals surface area contributed by atoms with Crippen LogP contribution in [-0.4, -0.2) is 5.88 Å². The SMILES string of the molecule is Cc1c(CCCl)c(Cl)cc[n+]1[O-]. The number of nitrogens with zero attached hydrogens (tertiary/aromatic N) is 1. The van der Waals surface area contributed by atoms with Gasteiger partial charge in [-0.2, -0.15) is 4.73 Å². The fourth-order valence-electron chi connectivity index (χ4n) is 1.05. The van der Waals surface area contributed by atoms with Crippen molar-refractivity contribution in [1.82, 2.24) is 0 Å². The van der Waals surface area contributed by atoms with Crippen molar-refractivity contribution in [3.8, 4) is 0 Å². The van der Waals surface area contributed by atoms with Crippen molar-refractivity contribution < 1.29 is 4.73 Å². The van der Waals surface area contributed by atoms with Gasteiger partial charge in [0, 0.05) is 24.4 Å². The molecule has 0 atom stereocenters. The normalized spacial score (nSPS) is 10.2. The van der Waals surface area contributed by atoms with Crippen molar-refractivity contribution in [2.24, 2.45) is 0 Å². The van der Waals surface area contributed by atoms with Crippen LogP contribution in [0.2, 0.25) is 5.02 Å². The number of halogens is 2. The van der Waals surface area contributed by atoms with Crippen molar-refractivity contribution in [2.45, 2.75) is 13.3 Å². The molecule has 0 bridgehead atoms. The smallest absolute Gasteiger partial charge is 0.194 e. The zero-order valence-corrected chi connectivity index (χ0v) is 8.19. The van der Waals surface area contributed by atoms with E-state index in [0.717, 1.165) is 10.3 Å². The fraction of sp³-hybridized carbons (Fsp3) is 0.375. The zero-order valence-electron chi connectivity index (χ0n) is 6.68. The van der Waals surface area contributed by atoms with Gasteiger partial charge in [0.25, 0.3) is 0 Å². The predicted octanol–water partition coefficient (Wildman–Crippen LogP) is 2.06. The van der Waals surface area contributed by atoms with E-state index in [0.29, 0.717) is 23.0 Å². The molecule has 0 fully saturated rings. The highest BCUT2D eigenvalue weighted by molar-refractivity contribution is 6.31. The molecule has 0 saturated carbocycles. The molecule has 2 nitrogen and oxygen atoms in total. The van der Waals surface area contributed by atoms with E-state index >= 15 is 0 Å². The molecule has 1 heterocycles. The van der Waals surface area contributed by atoms with Gasteiger partial charge in [0.05, 0.1) is 5.02 Å². The first-order valence-electron chi connectivity index (χ1n) is 3.60. The van der Waals surface area contributed by atoms with Gasteiger partial charge in [-0.1, -0.05) is 11.6 Å². The van der Waals surface area contributed by atoms with Gasteiger partial charge in [-0.25, -0.2) is 0 Å². The second kappa shape index (κ2) is 3.97. The minimum atomic E-state index is 0.477. The summed E-state index contributed by atoms with van der Waals surface area (Å²) < 4.78 is 0.799. The van der Waals surface area contributed by atoms with Gasteiger partial charge in [-0.05, 0) is 6.42 Å². The highest BCUT2D eigenvalue weighted by atomic mass is 35.5. The van der Waals surface area contributed by atoms with Crippen molar-refractivity contribution in [2.75, 3.05) is 5.88 Å². The summed E-state index contributed by atoms with van der Waals surface area (Å²) >= 11 is 11.4. The number of rotatable bonds is 2. The maximum Gasteiger partial charge on any atom is 0.194 e. The minimum absolute atomic E-state index is 0.477. The van der Waals surface area contributed by atoms with Gasteiger partial charge in [-0.15, -0.1) is 11.6 Å². The summed E-state index contributed by atoms with van der Waals surface area (Å²) in [6, 6.07) is 1.59. The molecule has 66 valence electrons. The maximum absolute atomic E-state index is 11.1. The van der Waals surface area contributed by atoms with Gasteiger partial charge in [0.1, 0.15) is 0 Å². The molecule has 0 saturated heterocycles. The first kappa shape index (κ1) is 9.62. The van der Waals surface area contributed by atoms with Crippen LogP contribution in [0.25, 0.3) is 0 Å². The van der Waals surface area contributed by atoms with E-state index in [1.165, 1.54) is 6.20 Å². The highest BCUT2D eigenvalue weighted by Crippen LogP contribution is 2.17. The number of hydrogen-bond acceptors (Lipinski definition) is 1. The fourth-order valence-corrected chi connectivity index (χ4v) is 1.52. The topological polar surface area (TPSA) is 26.9 Å². The predicted molar refractivity (Wildman–Crippen MR) is 49.6 cm³/mol. The second-order valence-electron chi connectivity index (χ2n) is 2.49. The van der Waals surface area contributed by atoms with Gasteiger partial charge in [0.15, 0.2) is 11.9 Å². The molecular weight excluding hydrogens is 197 g/mol. The lowest BCUT2D eigenvalue weighted by molar-refractivity contribution is -0.612. The molecule has 12 heavy (non-hydrogen) atoms. The van der Waals surface area contributed by atoms with Gasteiger partial charge >= 0.3 is 0 Å². The van der Waals surface area contributed by atoms with Gasteiger partial charge < -0.3 is 5.21 Å². The van der Waals surface area contributed by atoms with E-state index < -0.39 is 0 Å². The van der Waals surface area contributed by atoms with E-state index in [2.05, 4.69) is 0 Å². The Kier molecular flexibility index (Phi) is 3.18. The van der Waals surface area contributed by atoms with Crippen LogP contribution < -0.4 is 4.73 Å². The summed E-state index contributed by atoms with van der Waals surface area (Å²) in [6.07, 6.45) is 2.03. The molecule has 0 aliphatic rings. The van der Waals surface area contributed by atoms with Crippen LogP contribution in [-0.2, 0) is 6.42 Å². The Balaban J connectivity index is 3.14. The summed E-state index contributed by atoms with van der Waals surface area (Å²) in [6.45, 7) is 1.74. The number of aromatic nitrogens is 1. The van der Waals surface area contributed by atoms with Crippen molar-refractivity contribution in [3.05, 3.63) is 33.8 Å². The highest BCUT2D eigenvalue weighted by Gasteiger charge is 2.10. The van der Waals surface area contributed by atoms with Gasteiger partial charge in [-0.3, -0.25) is 0 Å². The zero-order chi connectivity index (χ0) is 9.14. The van der Waals surface area contributed by atoms with E-state index in [9.17, 15) is 5.21 Å². The van der Waals surface area contributed by atoms with Crippen LogP contribution in [0, 0.1) is 12.1 Å². The molecule has 0 aliphatic carbocycles. The number of hydrogen-bond donors (Lipinski definition) is 0. The van der Waals surface area contributed by atoms with Crippen molar-refractivity contribution in [3.63, 3.8) is 0 Å². The van der Waals surface area contributed by atoms with Gasteiger partial charge in [0.2, 0.25) is 0 Å². The maximum atomic E-state index is 11.1. The lowest BCUT2D eigenvalue weighted by atomic mass is 10.1.